The second kappa shape index (κ2) is 6.73. The van der Waals surface area contributed by atoms with E-state index in [4.69, 9.17) is 4.74 Å². The molecule has 2 aromatic rings. The highest BCUT2D eigenvalue weighted by molar-refractivity contribution is 5.50. The van der Waals surface area contributed by atoms with E-state index in [-0.39, 0.29) is 6.04 Å². The van der Waals surface area contributed by atoms with E-state index in [0.717, 1.165) is 23.6 Å². The number of hydrogen-bond donors (Lipinski definition) is 1. The van der Waals surface area contributed by atoms with Crippen molar-refractivity contribution < 1.29 is 4.74 Å². The summed E-state index contributed by atoms with van der Waals surface area (Å²) in [5, 5.41) is 3.36. The van der Waals surface area contributed by atoms with Crippen LogP contribution in [-0.2, 0) is 0 Å². The van der Waals surface area contributed by atoms with Crippen molar-refractivity contribution in [1.82, 2.24) is 9.97 Å². The SMILES string of the molecule is CCCOc1cccnc1NC(C)c1cccnc1. The van der Waals surface area contributed by atoms with Gasteiger partial charge in [-0.05, 0) is 37.1 Å². The molecule has 0 radical (unpaired) electrons. The molecule has 0 bridgehead atoms. The molecule has 0 aliphatic carbocycles. The summed E-state index contributed by atoms with van der Waals surface area (Å²) in [5.41, 5.74) is 1.12. The topological polar surface area (TPSA) is 47.0 Å². The zero-order chi connectivity index (χ0) is 13.5. The third-order valence-corrected chi connectivity index (χ3v) is 2.77. The highest BCUT2D eigenvalue weighted by Gasteiger charge is 2.09. The largest absolute Gasteiger partial charge is 0.490 e. The van der Waals surface area contributed by atoms with Crippen LogP contribution in [0.2, 0.25) is 0 Å². The van der Waals surface area contributed by atoms with Gasteiger partial charge in [0.2, 0.25) is 0 Å². The van der Waals surface area contributed by atoms with E-state index in [1.165, 1.54) is 0 Å². The van der Waals surface area contributed by atoms with Crippen LogP contribution in [0, 0.1) is 0 Å². The first-order valence-electron chi connectivity index (χ1n) is 6.55. The molecule has 0 amide bonds. The van der Waals surface area contributed by atoms with E-state index in [0.29, 0.717) is 6.61 Å². The number of nitrogens with zero attached hydrogens (tertiary/aromatic N) is 2. The predicted molar refractivity (Wildman–Crippen MR) is 76.3 cm³/mol. The number of ether oxygens (including phenoxy) is 1. The lowest BCUT2D eigenvalue weighted by molar-refractivity contribution is 0.317. The molecule has 2 rings (SSSR count). The smallest absolute Gasteiger partial charge is 0.169 e. The summed E-state index contributed by atoms with van der Waals surface area (Å²) in [4.78, 5) is 8.47. The highest BCUT2D eigenvalue weighted by atomic mass is 16.5. The van der Waals surface area contributed by atoms with Gasteiger partial charge in [0.1, 0.15) is 0 Å². The van der Waals surface area contributed by atoms with Crippen LogP contribution in [0.4, 0.5) is 5.82 Å². The van der Waals surface area contributed by atoms with Crippen molar-refractivity contribution >= 4 is 5.82 Å². The molecule has 1 N–H and O–H groups in total. The summed E-state index contributed by atoms with van der Waals surface area (Å²) in [5.74, 6) is 1.56. The molecule has 0 aromatic carbocycles. The third kappa shape index (κ3) is 3.68. The first-order chi connectivity index (χ1) is 9.31. The van der Waals surface area contributed by atoms with Gasteiger partial charge in [0.15, 0.2) is 11.6 Å². The van der Waals surface area contributed by atoms with Gasteiger partial charge in [-0.3, -0.25) is 4.98 Å². The Morgan fingerprint density at radius 3 is 2.84 bits per heavy atom. The maximum absolute atomic E-state index is 5.68. The fraction of sp³-hybridized carbons (Fsp3) is 0.333. The zero-order valence-electron chi connectivity index (χ0n) is 11.3. The van der Waals surface area contributed by atoms with E-state index >= 15 is 0 Å². The second-order valence-electron chi connectivity index (χ2n) is 4.35. The van der Waals surface area contributed by atoms with Gasteiger partial charge < -0.3 is 10.1 Å². The highest BCUT2D eigenvalue weighted by Crippen LogP contribution is 2.25. The van der Waals surface area contributed by atoms with Gasteiger partial charge in [0.05, 0.1) is 12.6 Å². The number of hydrogen-bond acceptors (Lipinski definition) is 4. The lowest BCUT2D eigenvalue weighted by Crippen LogP contribution is -2.10. The molecule has 100 valence electrons. The summed E-state index contributed by atoms with van der Waals surface area (Å²) >= 11 is 0. The number of anilines is 1. The van der Waals surface area contributed by atoms with Gasteiger partial charge in [-0.15, -0.1) is 0 Å². The van der Waals surface area contributed by atoms with E-state index in [1.54, 1.807) is 12.4 Å². The molecule has 4 nitrogen and oxygen atoms in total. The monoisotopic (exact) mass is 257 g/mol. The summed E-state index contributed by atoms with van der Waals surface area (Å²) < 4.78 is 5.68. The predicted octanol–water partition coefficient (Wildman–Crippen LogP) is 3.44. The van der Waals surface area contributed by atoms with Crippen LogP contribution in [-0.4, -0.2) is 16.6 Å². The molecule has 4 heteroatoms. The Morgan fingerprint density at radius 2 is 2.11 bits per heavy atom. The van der Waals surface area contributed by atoms with Crippen LogP contribution in [0.5, 0.6) is 5.75 Å². The van der Waals surface area contributed by atoms with Crippen LogP contribution in [0.1, 0.15) is 31.9 Å². The molecule has 1 atom stereocenters. The molecule has 1 unspecified atom stereocenters. The molecule has 0 aliphatic heterocycles. The van der Waals surface area contributed by atoms with Crippen molar-refractivity contribution in [2.75, 3.05) is 11.9 Å². The summed E-state index contributed by atoms with van der Waals surface area (Å²) in [6, 6.07) is 7.92. The Balaban J connectivity index is 2.10. The minimum absolute atomic E-state index is 0.132. The van der Waals surface area contributed by atoms with Crippen LogP contribution < -0.4 is 10.1 Å². The Labute approximate surface area is 113 Å². The van der Waals surface area contributed by atoms with Gasteiger partial charge in [-0.25, -0.2) is 4.98 Å². The Hall–Kier alpha value is -2.10. The lowest BCUT2D eigenvalue weighted by Gasteiger charge is -2.17. The van der Waals surface area contributed by atoms with Crippen molar-refractivity contribution in [3.8, 4) is 5.75 Å². The maximum atomic E-state index is 5.68. The van der Waals surface area contributed by atoms with Crippen LogP contribution in [0.3, 0.4) is 0 Å². The minimum atomic E-state index is 0.132. The van der Waals surface area contributed by atoms with Crippen molar-refractivity contribution in [2.24, 2.45) is 0 Å². The first-order valence-corrected chi connectivity index (χ1v) is 6.55. The third-order valence-electron chi connectivity index (χ3n) is 2.77. The minimum Gasteiger partial charge on any atom is -0.490 e. The quantitative estimate of drug-likeness (QED) is 0.861. The van der Waals surface area contributed by atoms with E-state index in [9.17, 15) is 0 Å². The number of pyridine rings is 2. The maximum Gasteiger partial charge on any atom is 0.169 e. The van der Waals surface area contributed by atoms with Crippen molar-refractivity contribution in [1.29, 1.82) is 0 Å². The molecule has 0 fully saturated rings. The summed E-state index contributed by atoms with van der Waals surface area (Å²) in [6.45, 7) is 4.86. The first kappa shape index (κ1) is 13.3. The van der Waals surface area contributed by atoms with E-state index in [2.05, 4.69) is 29.1 Å². The molecular weight excluding hydrogens is 238 g/mol. The molecule has 0 spiro atoms. The lowest BCUT2D eigenvalue weighted by atomic mass is 10.1. The molecule has 2 aromatic heterocycles. The van der Waals surface area contributed by atoms with E-state index in [1.807, 2.05) is 30.5 Å². The van der Waals surface area contributed by atoms with Gasteiger partial charge in [0.25, 0.3) is 0 Å². The zero-order valence-corrected chi connectivity index (χ0v) is 11.3. The molecule has 0 saturated carbocycles. The van der Waals surface area contributed by atoms with Gasteiger partial charge >= 0.3 is 0 Å². The average Bonchev–Trinajstić information content (AvgIpc) is 2.47. The molecule has 0 saturated heterocycles. The molecular formula is C15H19N3O. The van der Waals surface area contributed by atoms with Crippen molar-refractivity contribution in [3.05, 3.63) is 48.4 Å². The Kier molecular flexibility index (Phi) is 4.72. The van der Waals surface area contributed by atoms with Gasteiger partial charge in [-0.1, -0.05) is 13.0 Å². The number of nitrogens with one attached hydrogen (secondary N) is 1. The normalized spacial score (nSPS) is 11.9. The van der Waals surface area contributed by atoms with Crippen LogP contribution >= 0.6 is 0 Å². The Morgan fingerprint density at radius 1 is 1.26 bits per heavy atom. The second-order valence-corrected chi connectivity index (χ2v) is 4.35. The van der Waals surface area contributed by atoms with Crippen LogP contribution in [0.15, 0.2) is 42.9 Å². The van der Waals surface area contributed by atoms with Gasteiger partial charge in [-0.2, -0.15) is 0 Å². The fourth-order valence-corrected chi connectivity index (χ4v) is 1.75. The number of aromatic nitrogens is 2. The molecule has 2 heterocycles. The molecule has 0 aliphatic rings. The average molecular weight is 257 g/mol. The van der Waals surface area contributed by atoms with E-state index < -0.39 is 0 Å². The fourth-order valence-electron chi connectivity index (χ4n) is 1.75. The summed E-state index contributed by atoms with van der Waals surface area (Å²) in [7, 11) is 0. The van der Waals surface area contributed by atoms with Crippen molar-refractivity contribution in [2.45, 2.75) is 26.3 Å². The van der Waals surface area contributed by atoms with Crippen LogP contribution in [0.25, 0.3) is 0 Å². The summed E-state index contributed by atoms with van der Waals surface area (Å²) in [6.07, 6.45) is 6.36. The van der Waals surface area contributed by atoms with Crippen molar-refractivity contribution in [3.63, 3.8) is 0 Å². The Bertz CT molecular complexity index is 502. The standard InChI is InChI=1S/C15H19N3O/c1-3-10-19-14-7-5-9-17-15(14)18-12(2)13-6-4-8-16-11-13/h4-9,11-12H,3,10H2,1-2H3,(H,17,18). The van der Waals surface area contributed by atoms with Gasteiger partial charge in [0, 0.05) is 18.6 Å². The number of rotatable bonds is 6. The molecule has 19 heavy (non-hydrogen) atoms.